The molecular weight excluding hydrogens is 270 g/mol. The van der Waals surface area contributed by atoms with Crippen LogP contribution < -0.4 is 10.5 Å². The number of benzene rings is 1. The lowest BCUT2D eigenvalue weighted by Gasteiger charge is -2.38. The van der Waals surface area contributed by atoms with Crippen LogP contribution >= 0.6 is 0 Å². The summed E-state index contributed by atoms with van der Waals surface area (Å²) < 4.78 is 10.9. The monoisotopic (exact) mass is 287 g/mol. The molecule has 1 fully saturated rings. The molecule has 2 N–H and O–H groups in total. The molecule has 2 aromatic rings. The molecule has 0 spiro atoms. The Morgan fingerprint density at radius 1 is 1.52 bits per heavy atom. The third-order valence-corrected chi connectivity index (χ3v) is 3.37. The van der Waals surface area contributed by atoms with Crippen molar-refractivity contribution in [3.8, 4) is 5.75 Å². The molecule has 0 unspecified atom stereocenters. The number of hydrogen-bond donors (Lipinski definition) is 1. The average molecular weight is 287 g/mol. The van der Waals surface area contributed by atoms with Crippen molar-refractivity contribution in [2.24, 2.45) is 5.73 Å². The van der Waals surface area contributed by atoms with Crippen LogP contribution in [0.1, 0.15) is 21.9 Å². The number of nitrogens with zero attached hydrogens (tertiary/aromatic N) is 2. The molecule has 1 aliphatic heterocycles. The van der Waals surface area contributed by atoms with E-state index >= 15 is 0 Å². The van der Waals surface area contributed by atoms with Crippen LogP contribution in [0.4, 0.5) is 0 Å². The fourth-order valence-corrected chi connectivity index (χ4v) is 2.22. The number of likely N-dealkylation sites (tertiary alicyclic amines) is 1. The fraction of sp³-hybridized carbons (Fsp3) is 0.333. The second kappa shape index (κ2) is 5.57. The van der Waals surface area contributed by atoms with Crippen LogP contribution in [0, 0.1) is 6.92 Å². The zero-order valence-electron chi connectivity index (χ0n) is 11.8. The average Bonchev–Trinajstić information content (AvgIpc) is 2.91. The molecule has 6 heteroatoms. The summed E-state index contributed by atoms with van der Waals surface area (Å²) in [6, 6.07) is 7.87. The van der Waals surface area contributed by atoms with Gasteiger partial charge in [-0.25, -0.2) is 4.98 Å². The first-order chi connectivity index (χ1) is 10.2. The zero-order valence-corrected chi connectivity index (χ0v) is 11.8. The molecule has 6 nitrogen and oxygen atoms in total. The predicted molar refractivity (Wildman–Crippen MR) is 75.9 cm³/mol. The fourth-order valence-electron chi connectivity index (χ4n) is 2.22. The molecule has 1 aromatic carbocycles. The summed E-state index contributed by atoms with van der Waals surface area (Å²) in [5, 5.41) is 0. The number of aromatic nitrogens is 1. The lowest BCUT2D eigenvalue weighted by molar-refractivity contribution is 0.0173. The van der Waals surface area contributed by atoms with E-state index in [0.29, 0.717) is 24.7 Å². The summed E-state index contributed by atoms with van der Waals surface area (Å²) >= 11 is 0. The third kappa shape index (κ3) is 2.90. The molecule has 0 aliphatic carbocycles. The molecule has 21 heavy (non-hydrogen) atoms. The van der Waals surface area contributed by atoms with E-state index in [1.807, 2.05) is 31.2 Å². The van der Waals surface area contributed by atoms with Crippen molar-refractivity contribution in [3.63, 3.8) is 0 Å². The van der Waals surface area contributed by atoms with Gasteiger partial charge in [0, 0.05) is 0 Å². The molecule has 1 aliphatic rings. The number of oxazole rings is 1. The van der Waals surface area contributed by atoms with E-state index in [2.05, 4.69) is 4.98 Å². The maximum absolute atomic E-state index is 12.1. The highest BCUT2D eigenvalue weighted by Crippen LogP contribution is 2.20. The van der Waals surface area contributed by atoms with Crippen molar-refractivity contribution in [1.82, 2.24) is 9.88 Å². The Balaban J connectivity index is 1.54. The van der Waals surface area contributed by atoms with E-state index in [1.165, 1.54) is 6.26 Å². The minimum absolute atomic E-state index is 0.0247. The SMILES string of the molecule is Cc1cccc(OC2CN(C(=O)c3coc(CN)n3)C2)c1. The minimum atomic E-state index is -0.150. The van der Waals surface area contributed by atoms with Crippen LogP contribution in [-0.4, -0.2) is 35.0 Å². The number of amides is 1. The summed E-state index contributed by atoms with van der Waals surface area (Å²) in [6.45, 7) is 3.31. The third-order valence-electron chi connectivity index (χ3n) is 3.37. The van der Waals surface area contributed by atoms with E-state index in [9.17, 15) is 4.79 Å². The van der Waals surface area contributed by atoms with E-state index in [1.54, 1.807) is 4.90 Å². The van der Waals surface area contributed by atoms with Gasteiger partial charge in [0.05, 0.1) is 19.6 Å². The molecule has 0 bridgehead atoms. The van der Waals surface area contributed by atoms with Crippen molar-refractivity contribution < 1.29 is 13.9 Å². The first-order valence-electron chi connectivity index (χ1n) is 6.83. The molecule has 0 saturated carbocycles. The highest BCUT2D eigenvalue weighted by Gasteiger charge is 2.34. The van der Waals surface area contributed by atoms with Crippen molar-refractivity contribution >= 4 is 5.91 Å². The summed E-state index contributed by atoms with van der Waals surface area (Å²) in [5.74, 6) is 1.05. The maximum atomic E-state index is 12.1. The van der Waals surface area contributed by atoms with Gasteiger partial charge in [-0.15, -0.1) is 0 Å². The topological polar surface area (TPSA) is 81.6 Å². The summed E-state index contributed by atoms with van der Waals surface area (Å²) in [4.78, 5) is 17.8. The second-order valence-corrected chi connectivity index (χ2v) is 5.10. The highest BCUT2D eigenvalue weighted by atomic mass is 16.5. The maximum Gasteiger partial charge on any atom is 0.276 e. The van der Waals surface area contributed by atoms with Crippen LogP contribution in [0.25, 0.3) is 0 Å². The van der Waals surface area contributed by atoms with E-state index in [-0.39, 0.29) is 18.6 Å². The Morgan fingerprint density at radius 2 is 2.33 bits per heavy atom. The Morgan fingerprint density at radius 3 is 3.00 bits per heavy atom. The van der Waals surface area contributed by atoms with Crippen LogP contribution in [0.2, 0.25) is 0 Å². The van der Waals surface area contributed by atoms with Gasteiger partial charge in [0.15, 0.2) is 5.69 Å². The first-order valence-corrected chi connectivity index (χ1v) is 6.83. The van der Waals surface area contributed by atoms with Gasteiger partial charge >= 0.3 is 0 Å². The summed E-state index contributed by atoms with van der Waals surface area (Å²) in [5.41, 5.74) is 6.85. The number of aryl methyl sites for hydroxylation is 1. The predicted octanol–water partition coefficient (Wildman–Crippen LogP) is 1.35. The standard InChI is InChI=1S/C15H17N3O3/c1-10-3-2-4-11(5-10)21-12-7-18(8-12)15(19)13-9-20-14(6-16)17-13/h2-5,9,12H,6-8,16H2,1H3. The Labute approximate surface area is 122 Å². The van der Waals surface area contributed by atoms with Gasteiger partial charge in [0.1, 0.15) is 18.1 Å². The number of hydrogen-bond acceptors (Lipinski definition) is 5. The van der Waals surface area contributed by atoms with E-state index in [4.69, 9.17) is 14.9 Å². The normalized spacial score (nSPS) is 14.9. The second-order valence-electron chi connectivity index (χ2n) is 5.10. The van der Waals surface area contributed by atoms with Gasteiger partial charge in [-0.3, -0.25) is 4.79 Å². The molecule has 3 rings (SSSR count). The van der Waals surface area contributed by atoms with Crippen molar-refractivity contribution in [2.45, 2.75) is 19.6 Å². The largest absolute Gasteiger partial charge is 0.487 e. The molecule has 1 aromatic heterocycles. The molecule has 0 radical (unpaired) electrons. The Bertz CT molecular complexity index is 647. The number of nitrogens with two attached hydrogens (primary N) is 1. The van der Waals surface area contributed by atoms with Crippen molar-refractivity contribution in [3.05, 3.63) is 47.7 Å². The minimum Gasteiger partial charge on any atom is -0.487 e. The summed E-state index contributed by atoms with van der Waals surface area (Å²) in [7, 11) is 0. The van der Waals surface area contributed by atoms with Gasteiger partial charge in [0.25, 0.3) is 5.91 Å². The number of ether oxygens (including phenoxy) is 1. The quantitative estimate of drug-likeness (QED) is 0.917. The number of rotatable bonds is 4. The smallest absolute Gasteiger partial charge is 0.276 e. The van der Waals surface area contributed by atoms with E-state index < -0.39 is 0 Å². The first kappa shape index (κ1) is 13.6. The highest BCUT2D eigenvalue weighted by molar-refractivity contribution is 5.92. The molecule has 110 valence electrons. The zero-order chi connectivity index (χ0) is 14.8. The molecule has 1 saturated heterocycles. The molecule has 2 heterocycles. The Hall–Kier alpha value is -2.34. The van der Waals surface area contributed by atoms with Crippen LogP contribution in [0.5, 0.6) is 5.75 Å². The number of carbonyl (C=O) groups is 1. The molecular formula is C15H17N3O3. The van der Waals surface area contributed by atoms with Gasteiger partial charge in [0.2, 0.25) is 5.89 Å². The van der Waals surface area contributed by atoms with E-state index in [0.717, 1.165) is 11.3 Å². The van der Waals surface area contributed by atoms with Crippen LogP contribution in [0.3, 0.4) is 0 Å². The van der Waals surface area contributed by atoms with Crippen LogP contribution in [-0.2, 0) is 6.54 Å². The lowest BCUT2D eigenvalue weighted by atomic mass is 10.1. The van der Waals surface area contributed by atoms with Gasteiger partial charge < -0.3 is 19.8 Å². The van der Waals surface area contributed by atoms with Crippen molar-refractivity contribution in [1.29, 1.82) is 0 Å². The molecule has 0 atom stereocenters. The van der Waals surface area contributed by atoms with Gasteiger partial charge in [-0.1, -0.05) is 12.1 Å². The molecule has 1 amide bonds. The van der Waals surface area contributed by atoms with Gasteiger partial charge in [-0.05, 0) is 24.6 Å². The lowest BCUT2D eigenvalue weighted by Crippen LogP contribution is -2.56. The number of carbonyl (C=O) groups excluding carboxylic acids is 1. The van der Waals surface area contributed by atoms with Gasteiger partial charge in [-0.2, -0.15) is 0 Å². The Kier molecular flexibility index (Phi) is 3.62. The van der Waals surface area contributed by atoms with Crippen LogP contribution in [0.15, 0.2) is 34.9 Å². The summed E-state index contributed by atoms with van der Waals surface area (Å²) in [6.07, 6.45) is 1.37. The van der Waals surface area contributed by atoms with Crippen molar-refractivity contribution in [2.75, 3.05) is 13.1 Å².